The number of anilines is 3. The molecule has 3 N–H and O–H groups in total. The Kier molecular flexibility index (Phi) is 5.77. The third kappa shape index (κ3) is 4.66. The normalized spacial score (nSPS) is 12.0. The van der Waals surface area contributed by atoms with Crippen molar-refractivity contribution >= 4 is 29.2 Å². The van der Waals surface area contributed by atoms with Crippen LogP contribution in [0.1, 0.15) is 17.4 Å². The molecule has 0 saturated carbocycles. The molecule has 3 aromatic heterocycles. The van der Waals surface area contributed by atoms with Crippen LogP contribution < -0.4 is 10.6 Å². The van der Waals surface area contributed by atoms with Gasteiger partial charge in [-0.1, -0.05) is 11.6 Å². The van der Waals surface area contributed by atoms with Gasteiger partial charge in [-0.2, -0.15) is 10.1 Å². The average Bonchev–Trinajstić information content (AvgIpc) is 3.02. The van der Waals surface area contributed by atoms with Crippen LogP contribution in [0.5, 0.6) is 0 Å². The lowest BCUT2D eigenvalue weighted by Gasteiger charge is -2.18. The minimum absolute atomic E-state index is 0.0192. The zero-order valence-corrected chi connectivity index (χ0v) is 15.2. The second-order valence-electron chi connectivity index (χ2n) is 5.62. The van der Waals surface area contributed by atoms with Crippen LogP contribution in [0, 0.1) is 18.6 Å². The summed E-state index contributed by atoms with van der Waals surface area (Å²) >= 11 is 6.12. The number of aromatic amines is 1. The fourth-order valence-corrected chi connectivity index (χ4v) is 2.46. The van der Waals surface area contributed by atoms with Crippen LogP contribution in [0.15, 0.2) is 24.5 Å². The molecule has 0 fully saturated rings. The Morgan fingerprint density at radius 1 is 1.26 bits per heavy atom. The van der Waals surface area contributed by atoms with Crippen molar-refractivity contribution in [3.05, 3.63) is 52.6 Å². The van der Waals surface area contributed by atoms with Crippen LogP contribution in [-0.4, -0.2) is 38.9 Å². The zero-order chi connectivity index (χ0) is 19.4. The van der Waals surface area contributed by atoms with Gasteiger partial charge in [0.1, 0.15) is 22.4 Å². The molecule has 3 aromatic rings. The van der Waals surface area contributed by atoms with Gasteiger partial charge in [0.15, 0.2) is 11.6 Å². The number of halogens is 3. The summed E-state index contributed by atoms with van der Waals surface area (Å²) in [6.45, 7) is 1.91. The first kappa shape index (κ1) is 18.9. The number of rotatable bonds is 7. The molecule has 142 valence electrons. The summed E-state index contributed by atoms with van der Waals surface area (Å²) in [4.78, 5) is 12.2. The summed E-state index contributed by atoms with van der Waals surface area (Å²) in [5, 5.41) is 13.0. The number of ether oxygens (including phenoxy) is 1. The molecule has 0 saturated heterocycles. The van der Waals surface area contributed by atoms with Gasteiger partial charge in [0.05, 0.1) is 25.0 Å². The second-order valence-corrected chi connectivity index (χ2v) is 6.03. The van der Waals surface area contributed by atoms with E-state index in [0.717, 1.165) is 18.0 Å². The standard InChI is InChI=1S/C16H16ClF2N7O/c1-8-3-13(26-25-8)23-15-10(17)6-21-16(24-15)22-12(7-27-2)14-11(19)4-9(18)5-20-14/h3-6,12H,7H2,1-2H3,(H3,21,22,23,24,25,26). The lowest BCUT2D eigenvalue weighted by Crippen LogP contribution is -2.20. The van der Waals surface area contributed by atoms with E-state index < -0.39 is 17.7 Å². The van der Waals surface area contributed by atoms with Crippen LogP contribution in [0.4, 0.5) is 26.4 Å². The molecule has 0 aliphatic carbocycles. The maximum absolute atomic E-state index is 14.1. The van der Waals surface area contributed by atoms with E-state index in [9.17, 15) is 8.78 Å². The second kappa shape index (κ2) is 8.23. The Bertz CT molecular complexity index is 937. The highest BCUT2D eigenvalue weighted by atomic mass is 35.5. The summed E-state index contributed by atoms with van der Waals surface area (Å²) in [5.41, 5.74) is 0.841. The fraction of sp³-hybridized carbons (Fsp3) is 0.250. The number of pyridine rings is 1. The van der Waals surface area contributed by atoms with Gasteiger partial charge in [0.2, 0.25) is 5.95 Å². The molecule has 0 aliphatic rings. The molecule has 0 bridgehead atoms. The van der Waals surface area contributed by atoms with E-state index in [0.29, 0.717) is 11.6 Å². The topological polar surface area (TPSA) is 101 Å². The quantitative estimate of drug-likeness (QED) is 0.563. The van der Waals surface area contributed by atoms with Crippen molar-refractivity contribution in [1.82, 2.24) is 25.1 Å². The Balaban J connectivity index is 1.84. The van der Waals surface area contributed by atoms with Crippen LogP contribution in [0.3, 0.4) is 0 Å². The summed E-state index contributed by atoms with van der Waals surface area (Å²) in [6.07, 6.45) is 2.31. The third-order valence-corrected chi connectivity index (χ3v) is 3.78. The summed E-state index contributed by atoms with van der Waals surface area (Å²) in [7, 11) is 1.45. The highest BCUT2D eigenvalue weighted by Gasteiger charge is 2.20. The van der Waals surface area contributed by atoms with Gasteiger partial charge in [0.25, 0.3) is 0 Å². The molecule has 3 heterocycles. The van der Waals surface area contributed by atoms with E-state index in [1.165, 1.54) is 13.3 Å². The maximum atomic E-state index is 14.1. The van der Waals surface area contributed by atoms with Gasteiger partial charge in [-0.05, 0) is 6.92 Å². The van der Waals surface area contributed by atoms with E-state index >= 15 is 0 Å². The van der Waals surface area contributed by atoms with Crippen molar-refractivity contribution in [2.75, 3.05) is 24.4 Å². The van der Waals surface area contributed by atoms with Crippen molar-refractivity contribution in [3.63, 3.8) is 0 Å². The van der Waals surface area contributed by atoms with Crippen molar-refractivity contribution in [1.29, 1.82) is 0 Å². The van der Waals surface area contributed by atoms with Crippen LogP contribution >= 0.6 is 11.6 Å². The first-order valence-corrected chi connectivity index (χ1v) is 8.22. The van der Waals surface area contributed by atoms with Crippen molar-refractivity contribution < 1.29 is 13.5 Å². The van der Waals surface area contributed by atoms with E-state index in [-0.39, 0.29) is 23.3 Å². The lowest BCUT2D eigenvalue weighted by atomic mass is 10.2. The predicted molar refractivity (Wildman–Crippen MR) is 96.0 cm³/mol. The smallest absolute Gasteiger partial charge is 0.225 e. The van der Waals surface area contributed by atoms with Crippen LogP contribution in [0.25, 0.3) is 0 Å². The Morgan fingerprint density at radius 3 is 2.74 bits per heavy atom. The average molecular weight is 396 g/mol. The van der Waals surface area contributed by atoms with Gasteiger partial charge in [-0.15, -0.1) is 0 Å². The Labute approximate surface area is 158 Å². The number of aromatic nitrogens is 5. The Morgan fingerprint density at radius 2 is 2.07 bits per heavy atom. The monoisotopic (exact) mass is 395 g/mol. The first-order valence-electron chi connectivity index (χ1n) is 7.84. The number of H-pyrrole nitrogens is 1. The van der Waals surface area contributed by atoms with Crippen LogP contribution in [-0.2, 0) is 4.74 Å². The molecule has 3 rings (SSSR count). The number of methoxy groups -OCH3 is 1. The lowest BCUT2D eigenvalue weighted by molar-refractivity contribution is 0.183. The van der Waals surface area contributed by atoms with E-state index in [4.69, 9.17) is 16.3 Å². The largest absolute Gasteiger partial charge is 0.382 e. The minimum atomic E-state index is -0.802. The fourth-order valence-electron chi connectivity index (χ4n) is 2.32. The molecule has 0 aliphatic heterocycles. The third-order valence-electron chi connectivity index (χ3n) is 3.50. The molecule has 1 unspecified atom stereocenters. The molecule has 11 heteroatoms. The predicted octanol–water partition coefficient (Wildman–Crippen LogP) is 3.38. The highest BCUT2D eigenvalue weighted by molar-refractivity contribution is 6.32. The minimum Gasteiger partial charge on any atom is -0.382 e. The zero-order valence-electron chi connectivity index (χ0n) is 14.4. The number of aryl methyl sites for hydroxylation is 1. The number of nitrogens with zero attached hydrogens (tertiary/aromatic N) is 4. The molecular weight excluding hydrogens is 380 g/mol. The molecule has 0 radical (unpaired) electrons. The molecule has 1 atom stereocenters. The maximum Gasteiger partial charge on any atom is 0.225 e. The first-order chi connectivity index (χ1) is 13.0. The van der Waals surface area contributed by atoms with Gasteiger partial charge in [0, 0.05) is 24.9 Å². The van der Waals surface area contributed by atoms with Crippen molar-refractivity contribution in [2.24, 2.45) is 0 Å². The highest BCUT2D eigenvalue weighted by Crippen LogP contribution is 2.25. The molecular formula is C16H16ClF2N7O. The summed E-state index contributed by atoms with van der Waals surface area (Å²) in [5.74, 6) is -0.579. The van der Waals surface area contributed by atoms with Crippen molar-refractivity contribution in [3.8, 4) is 0 Å². The number of hydrogen-bond donors (Lipinski definition) is 3. The van der Waals surface area contributed by atoms with Gasteiger partial charge < -0.3 is 15.4 Å². The van der Waals surface area contributed by atoms with Crippen molar-refractivity contribution in [2.45, 2.75) is 13.0 Å². The summed E-state index contributed by atoms with van der Waals surface area (Å²) < 4.78 is 32.3. The van der Waals surface area contributed by atoms with Gasteiger partial charge in [-0.3, -0.25) is 10.1 Å². The van der Waals surface area contributed by atoms with Gasteiger partial charge >= 0.3 is 0 Å². The number of hydrogen-bond acceptors (Lipinski definition) is 7. The van der Waals surface area contributed by atoms with Gasteiger partial charge in [-0.25, -0.2) is 13.8 Å². The van der Waals surface area contributed by atoms with E-state index in [1.54, 1.807) is 6.07 Å². The molecule has 0 spiro atoms. The SMILES string of the molecule is COCC(Nc1ncc(Cl)c(Nc2cc(C)[nH]n2)n1)c1ncc(F)cc1F. The summed E-state index contributed by atoms with van der Waals surface area (Å²) in [6, 6.07) is 1.79. The van der Waals surface area contributed by atoms with E-state index in [2.05, 4.69) is 35.8 Å². The van der Waals surface area contributed by atoms with Crippen LogP contribution in [0.2, 0.25) is 5.02 Å². The molecule has 0 aromatic carbocycles. The Hall–Kier alpha value is -2.85. The molecule has 27 heavy (non-hydrogen) atoms. The number of nitrogens with one attached hydrogen (secondary N) is 3. The molecule has 8 nitrogen and oxygen atoms in total. The van der Waals surface area contributed by atoms with E-state index in [1.807, 2.05) is 6.92 Å². The molecule has 0 amide bonds.